The quantitative estimate of drug-likeness (QED) is 0.700. The largest absolute Gasteiger partial charge is 0.483 e. The van der Waals surface area contributed by atoms with Crippen molar-refractivity contribution in [2.24, 2.45) is 5.73 Å². The molecule has 0 saturated heterocycles. The van der Waals surface area contributed by atoms with Crippen LogP contribution in [-0.4, -0.2) is 16.1 Å². The van der Waals surface area contributed by atoms with Crippen molar-refractivity contribution in [3.63, 3.8) is 0 Å². The van der Waals surface area contributed by atoms with E-state index in [4.69, 9.17) is 26.5 Å². The summed E-state index contributed by atoms with van der Waals surface area (Å²) in [5, 5.41) is 7.60. The van der Waals surface area contributed by atoms with E-state index in [1.165, 1.54) is 36.4 Å². The highest BCUT2D eigenvalue weighted by atomic mass is 35.5. The summed E-state index contributed by atoms with van der Waals surface area (Å²) in [4.78, 5) is 11.4. The SMILES string of the molecule is NC(=O)c1cc(Cl)ccc1OCc1nnc(-c2ccccc2C(F)(F)F)o1. The number of nitrogens with zero attached hydrogens (tertiary/aromatic N) is 2. The van der Waals surface area contributed by atoms with Gasteiger partial charge >= 0.3 is 6.18 Å². The molecule has 10 heteroatoms. The molecule has 1 heterocycles. The summed E-state index contributed by atoms with van der Waals surface area (Å²) in [7, 11) is 0. The zero-order valence-corrected chi connectivity index (χ0v) is 14.2. The Morgan fingerprint density at radius 1 is 1.19 bits per heavy atom. The number of alkyl halides is 3. The Morgan fingerprint density at radius 2 is 1.93 bits per heavy atom. The number of nitrogens with two attached hydrogens (primary N) is 1. The lowest BCUT2D eigenvalue weighted by Crippen LogP contribution is -2.13. The van der Waals surface area contributed by atoms with Crippen molar-refractivity contribution in [2.75, 3.05) is 0 Å². The van der Waals surface area contributed by atoms with Crippen molar-refractivity contribution >= 4 is 17.5 Å². The van der Waals surface area contributed by atoms with Crippen molar-refractivity contribution in [1.82, 2.24) is 10.2 Å². The van der Waals surface area contributed by atoms with E-state index < -0.39 is 17.6 Å². The van der Waals surface area contributed by atoms with Crippen LogP contribution in [0.4, 0.5) is 13.2 Å². The van der Waals surface area contributed by atoms with Gasteiger partial charge in [-0.1, -0.05) is 23.7 Å². The monoisotopic (exact) mass is 397 g/mol. The maximum Gasteiger partial charge on any atom is 0.417 e. The molecule has 27 heavy (non-hydrogen) atoms. The molecule has 0 unspecified atom stereocenters. The molecule has 3 aromatic rings. The van der Waals surface area contributed by atoms with E-state index in [0.29, 0.717) is 5.02 Å². The number of rotatable bonds is 5. The van der Waals surface area contributed by atoms with Gasteiger partial charge in [0, 0.05) is 5.02 Å². The van der Waals surface area contributed by atoms with Gasteiger partial charge in [-0.05, 0) is 30.3 Å². The molecule has 0 aliphatic rings. The summed E-state index contributed by atoms with van der Waals surface area (Å²) in [6, 6.07) is 9.09. The van der Waals surface area contributed by atoms with Crippen LogP contribution in [-0.2, 0) is 12.8 Å². The van der Waals surface area contributed by atoms with Gasteiger partial charge in [-0.25, -0.2) is 0 Å². The minimum absolute atomic E-state index is 0.0460. The van der Waals surface area contributed by atoms with Crippen LogP contribution in [0.15, 0.2) is 46.9 Å². The van der Waals surface area contributed by atoms with Crippen LogP contribution in [0.5, 0.6) is 5.75 Å². The van der Waals surface area contributed by atoms with Crippen molar-refractivity contribution in [1.29, 1.82) is 0 Å². The maximum atomic E-state index is 13.1. The number of carbonyl (C=O) groups excluding carboxylic acids is 1. The lowest BCUT2D eigenvalue weighted by Gasteiger charge is -2.09. The maximum absolute atomic E-state index is 13.1. The van der Waals surface area contributed by atoms with E-state index in [9.17, 15) is 18.0 Å². The Hall–Kier alpha value is -3.07. The third-order valence-electron chi connectivity index (χ3n) is 3.49. The van der Waals surface area contributed by atoms with Gasteiger partial charge in [0.25, 0.3) is 11.8 Å². The predicted octanol–water partition coefficient (Wildman–Crippen LogP) is 4.09. The predicted molar refractivity (Wildman–Crippen MR) is 89.0 cm³/mol. The van der Waals surface area contributed by atoms with E-state index in [2.05, 4.69) is 10.2 Å². The Labute approximate surface area is 155 Å². The van der Waals surface area contributed by atoms with Crippen LogP contribution in [0.1, 0.15) is 21.8 Å². The molecule has 0 bridgehead atoms. The molecule has 3 rings (SSSR count). The van der Waals surface area contributed by atoms with Gasteiger partial charge in [0.05, 0.1) is 16.7 Å². The fourth-order valence-corrected chi connectivity index (χ4v) is 2.47. The van der Waals surface area contributed by atoms with Gasteiger partial charge in [0.15, 0.2) is 6.61 Å². The van der Waals surface area contributed by atoms with Crippen LogP contribution in [0.3, 0.4) is 0 Å². The van der Waals surface area contributed by atoms with Crippen molar-refractivity contribution < 1.29 is 27.1 Å². The van der Waals surface area contributed by atoms with E-state index in [1.54, 1.807) is 0 Å². The summed E-state index contributed by atoms with van der Waals surface area (Å²) < 4.78 is 50.0. The number of amides is 1. The molecule has 0 aliphatic carbocycles. The lowest BCUT2D eigenvalue weighted by atomic mass is 10.1. The highest BCUT2D eigenvalue weighted by Crippen LogP contribution is 2.36. The second-order valence-corrected chi connectivity index (χ2v) is 5.77. The van der Waals surface area contributed by atoms with Gasteiger partial charge in [-0.15, -0.1) is 10.2 Å². The number of halogens is 4. The number of primary amides is 1. The second-order valence-electron chi connectivity index (χ2n) is 5.34. The van der Waals surface area contributed by atoms with E-state index >= 15 is 0 Å². The van der Waals surface area contributed by atoms with E-state index in [0.717, 1.165) is 6.07 Å². The van der Waals surface area contributed by atoms with Gasteiger partial charge in [-0.3, -0.25) is 4.79 Å². The van der Waals surface area contributed by atoms with Gasteiger partial charge in [0.1, 0.15) is 5.75 Å². The Morgan fingerprint density at radius 3 is 2.63 bits per heavy atom. The number of hydrogen-bond donors (Lipinski definition) is 1. The average Bonchev–Trinajstić information content (AvgIpc) is 3.08. The zero-order valence-electron chi connectivity index (χ0n) is 13.5. The van der Waals surface area contributed by atoms with Crippen LogP contribution in [0.25, 0.3) is 11.5 Å². The first kappa shape index (κ1) is 18.7. The molecule has 6 nitrogen and oxygen atoms in total. The number of ether oxygens (including phenoxy) is 1. The fourth-order valence-electron chi connectivity index (χ4n) is 2.30. The first-order valence-electron chi connectivity index (χ1n) is 7.47. The zero-order chi connectivity index (χ0) is 19.6. The number of aromatic nitrogens is 2. The first-order chi connectivity index (χ1) is 12.8. The lowest BCUT2D eigenvalue weighted by molar-refractivity contribution is -0.137. The molecular formula is C17H11ClF3N3O3. The summed E-state index contributed by atoms with van der Waals surface area (Å²) in [5.41, 5.74) is 4.16. The summed E-state index contributed by atoms with van der Waals surface area (Å²) >= 11 is 5.80. The second kappa shape index (κ2) is 7.28. The van der Waals surface area contributed by atoms with Gasteiger partial charge in [0.2, 0.25) is 5.89 Å². The molecule has 1 aromatic heterocycles. The Kier molecular flexibility index (Phi) is 5.04. The number of carbonyl (C=O) groups is 1. The number of hydrogen-bond acceptors (Lipinski definition) is 5. The third kappa shape index (κ3) is 4.20. The molecular weight excluding hydrogens is 387 g/mol. The smallest absolute Gasteiger partial charge is 0.417 e. The molecule has 0 saturated carbocycles. The highest BCUT2D eigenvalue weighted by molar-refractivity contribution is 6.31. The van der Waals surface area contributed by atoms with Gasteiger partial charge < -0.3 is 14.9 Å². The number of benzene rings is 2. The average molecular weight is 398 g/mol. The summed E-state index contributed by atoms with van der Waals surface area (Å²) in [6.07, 6.45) is -4.57. The highest BCUT2D eigenvalue weighted by Gasteiger charge is 2.34. The molecule has 140 valence electrons. The van der Waals surface area contributed by atoms with Crippen molar-refractivity contribution in [3.05, 3.63) is 64.5 Å². The van der Waals surface area contributed by atoms with Crippen molar-refractivity contribution in [3.8, 4) is 17.2 Å². The molecule has 0 spiro atoms. The first-order valence-corrected chi connectivity index (χ1v) is 7.84. The third-order valence-corrected chi connectivity index (χ3v) is 3.72. The minimum atomic E-state index is -4.57. The van der Waals surface area contributed by atoms with E-state index in [-0.39, 0.29) is 35.3 Å². The topological polar surface area (TPSA) is 91.2 Å². The van der Waals surface area contributed by atoms with Crippen LogP contribution in [0, 0.1) is 0 Å². The normalized spacial score (nSPS) is 11.4. The summed E-state index contributed by atoms with van der Waals surface area (Å²) in [5.74, 6) is -1.000. The summed E-state index contributed by atoms with van der Waals surface area (Å²) in [6.45, 7) is -0.275. The molecule has 0 aliphatic heterocycles. The molecule has 2 N–H and O–H groups in total. The van der Waals surface area contributed by atoms with Crippen LogP contribution < -0.4 is 10.5 Å². The van der Waals surface area contributed by atoms with Gasteiger partial charge in [-0.2, -0.15) is 13.2 Å². The fraction of sp³-hybridized carbons (Fsp3) is 0.118. The van der Waals surface area contributed by atoms with Crippen LogP contribution in [0.2, 0.25) is 5.02 Å². The molecule has 2 aromatic carbocycles. The van der Waals surface area contributed by atoms with Crippen LogP contribution >= 0.6 is 11.6 Å². The Bertz CT molecular complexity index is 989. The molecule has 0 fully saturated rings. The van der Waals surface area contributed by atoms with Crippen molar-refractivity contribution in [2.45, 2.75) is 12.8 Å². The Balaban J connectivity index is 1.82. The minimum Gasteiger partial charge on any atom is -0.483 e. The van der Waals surface area contributed by atoms with E-state index in [1.807, 2.05) is 0 Å². The molecule has 1 amide bonds. The molecule has 0 atom stereocenters. The molecule has 0 radical (unpaired) electrons. The standard InChI is InChI=1S/C17H11ClF3N3O3/c18-9-5-6-13(11(7-9)15(22)25)26-8-14-23-24-16(27-14)10-3-1-2-4-12(10)17(19,20)21/h1-7H,8H2,(H2,22,25).